The van der Waals surface area contributed by atoms with Gasteiger partial charge in [0, 0.05) is 5.56 Å². The van der Waals surface area contributed by atoms with Crippen LogP contribution in [-0.4, -0.2) is 18.2 Å². The first kappa shape index (κ1) is 11.2. The fourth-order valence-corrected chi connectivity index (χ4v) is 1.61. The first-order chi connectivity index (χ1) is 6.72. The third-order valence-electron chi connectivity index (χ3n) is 2.11. The molecule has 0 spiro atoms. The van der Waals surface area contributed by atoms with Crippen molar-refractivity contribution in [1.82, 2.24) is 0 Å². The summed E-state index contributed by atoms with van der Waals surface area (Å²) in [4.78, 5) is 11.4. The van der Waals surface area contributed by atoms with Crippen LogP contribution in [-0.2, 0) is 6.42 Å². The maximum atomic E-state index is 11.4. The van der Waals surface area contributed by atoms with Gasteiger partial charge in [0.1, 0.15) is 5.75 Å². The van der Waals surface area contributed by atoms with Crippen molar-refractivity contribution in [1.29, 1.82) is 0 Å². The number of methoxy groups -OCH3 is 1. The van der Waals surface area contributed by atoms with Crippen LogP contribution in [0.5, 0.6) is 5.75 Å². The van der Waals surface area contributed by atoms with Crippen molar-refractivity contribution in [3.8, 4) is 5.75 Å². The van der Waals surface area contributed by atoms with Crippen LogP contribution in [0.2, 0.25) is 0 Å². The summed E-state index contributed by atoms with van der Waals surface area (Å²) in [7, 11) is 1.62. The monoisotopic (exact) mass is 256 g/mol. The summed E-state index contributed by atoms with van der Waals surface area (Å²) in [6.45, 7) is 2.06. The van der Waals surface area contributed by atoms with E-state index in [2.05, 4.69) is 22.9 Å². The molecule has 1 rings (SSSR count). The SMILES string of the molecule is CCc1ccc(C(=O)CBr)cc1OC. The molecule has 0 amide bonds. The van der Waals surface area contributed by atoms with Gasteiger partial charge in [0.05, 0.1) is 12.4 Å². The number of alkyl halides is 1. The fraction of sp³-hybridized carbons (Fsp3) is 0.364. The lowest BCUT2D eigenvalue weighted by Gasteiger charge is -2.07. The molecule has 0 aliphatic rings. The molecule has 3 heteroatoms. The van der Waals surface area contributed by atoms with Gasteiger partial charge in [-0.25, -0.2) is 0 Å². The molecular formula is C11H13BrO2. The summed E-state index contributed by atoms with van der Waals surface area (Å²) in [5.74, 6) is 0.866. The zero-order valence-corrected chi connectivity index (χ0v) is 9.93. The smallest absolute Gasteiger partial charge is 0.173 e. The second kappa shape index (κ2) is 5.15. The number of hydrogen-bond acceptors (Lipinski definition) is 2. The number of carbonyl (C=O) groups is 1. The van der Waals surface area contributed by atoms with Gasteiger partial charge in [-0.1, -0.05) is 35.0 Å². The maximum absolute atomic E-state index is 11.4. The van der Waals surface area contributed by atoms with Crippen LogP contribution in [0.15, 0.2) is 18.2 Å². The van der Waals surface area contributed by atoms with E-state index in [1.807, 2.05) is 12.1 Å². The Hall–Kier alpha value is -0.830. The van der Waals surface area contributed by atoms with Gasteiger partial charge in [-0.05, 0) is 18.1 Å². The highest BCUT2D eigenvalue weighted by Gasteiger charge is 2.07. The molecule has 0 aliphatic carbocycles. The Labute approximate surface area is 92.4 Å². The largest absolute Gasteiger partial charge is 0.496 e. The minimum absolute atomic E-state index is 0.0750. The molecule has 0 heterocycles. The molecule has 0 atom stereocenters. The normalized spacial score (nSPS) is 9.93. The summed E-state index contributed by atoms with van der Waals surface area (Å²) in [6, 6.07) is 5.57. The van der Waals surface area contributed by atoms with Gasteiger partial charge in [-0.2, -0.15) is 0 Å². The van der Waals surface area contributed by atoms with E-state index in [-0.39, 0.29) is 5.78 Å². The number of rotatable bonds is 4. The Balaban J connectivity index is 3.07. The number of benzene rings is 1. The Morgan fingerprint density at radius 1 is 1.50 bits per heavy atom. The van der Waals surface area contributed by atoms with Crippen molar-refractivity contribution in [3.05, 3.63) is 29.3 Å². The fourth-order valence-electron chi connectivity index (χ4n) is 1.29. The average Bonchev–Trinajstić information content (AvgIpc) is 2.26. The summed E-state index contributed by atoms with van der Waals surface area (Å²) in [5.41, 5.74) is 1.81. The first-order valence-electron chi connectivity index (χ1n) is 4.49. The highest BCUT2D eigenvalue weighted by atomic mass is 79.9. The van der Waals surface area contributed by atoms with E-state index in [1.54, 1.807) is 13.2 Å². The Kier molecular flexibility index (Phi) is 4.14. The van der Waals surface area contributed by atoms with E-state index in [1.165, 1.54) is 0 Å². The van der Waals surface area contributed by atoms with Crippen LogP contribution < -0.4 is 4.74 Å². The molecule has 14 heavy (non-hydrogen) atoms. The zero-order valence-electron chi connectivity index (χ0n) is 8.34. The van der Waals surface area contributed by atoms with Gasteiger partial charge in [-0.3, -0.25) is 4.79 Å². The van der Waals surface area contributed by atoms with Gasteiger partial charge in [0.15, 0.2) is 5.78 Å². The minimum Gasteiger partial charge on any atom is -0.496 e. The molecule has 1 aromatic carbocycles. The molecular weight excluding hydrogens is 244 g/mol. The number of carbonyl (C=O) groups excluding carboxylic acids is 1. The van der Waals surface area contributed by atoms with Crippen molar-refractivity contribution in [2.24, 2.45) is 0 Å². The van der Waals surface area contributed by atoms with Gasteiger partial charge in [0.2, 0.25) is 0 Å². The topological polar surface area (TPSA) is 26.3 Å². The molecule has 0 bridgehead atoms. The second-order valence-electron chi connectivity index (χ2n) is 2.94. The summed E-state index contributed by atoms with van der Waals surface area (Å²) < 4.78 is 5.20. The van der Waals surface area contributed by atoms with Crippen LogP contribution in [0.1, 0.15) is 22.8 Å². The lowest BCUT2D eigenvalue weighted by molar-refractivity contribution is 0.102. The maximum Gasteiger partial charge on any atom is 0.173 e. The molecule has 0 aromatic heterocycles. The lowest BCUT2D eigenvalue weighted by Crippen LogP contribution is -2.01. The predicted octanol–water partition coefficient (Wildman–Crippen LogP) is 2.84. The molecule has 0 unspecified atom stereocenters. The quantitative estimate of drug-likeness (QED) is 0.612. The van der Waals surface area contributed by atoms with Crippen molar-refractivity contribution < 1.29 is 9.53 Å². The Morgan fingerprint density at radius 3 is 2.71 bits per heavy atom. The summed E-state index contributed by atoms with van der Waals surface area (Å²) >= 11 is 3.14. The number of ether oxygens (including phenoxy) is 1. The summed E-state index contributed by atoms with van der Waals surface area (Å²) in [5, 5.41) is 0.349. The van der Waals surface area contributed by atoms with Gasteiger partial charge >= 0.3 is 0 Å². The van der Waals surface area contributed by atoms with Crippen LogP contribution in [0, 0.1) is 0 Å². The molecule has 0 fully saturated rings. The minimum atomic E-state index is 0.0750. The standard InChI is InChI=1S/C11H13BrO2/c1-3-8-4-5-9(10(13)7-12)6-11(8)14-2/h4-6H,3,7H2,1-2H3. The number of hydrogen-bond donors (Lipinski definition) is 0. The number of Topliss-reactive ketones (excluding diaryl/α,β-unsaturated/α-hetero) is 1. The number of halogens is 1. The zero-order chi connectivity index (χ0) is 10.6. The number of aryl methyl sites for hydroxylation is 1. The van der Waals surface area contributed by atoms with Crippen molar-refractivity contribution in [2.45, 2.75) is 13.3 Å². The van der Waals surface area contributed by atoms with E-state index in [9.17, 15) is 4.79 Å². The molecule has 0 aliphatic heterocycles. The van der Waals surface area contributed by atoms with Gasteiger partial charge in [0.25, 0.3) is 0 Å². The molecule has 0 saturated heterocycles. The van der Waals surface area contributed by atoms with E-state index in [0.717, 1.165) is 17.7 Å². The highest BCUT2D eigenvalue weighted by molar-refractivity contribution is 9.09. The Bertz CT molecular complexity index is 334. The lowest BCUT2D eigenvalue weighted by atomic mass is 10.1. The van der Waals surface area contributed by atoms with E-state index >= 15 is 0 Å². The van der Waals surface area contributed by atoms with Crippen LogP contribution in [0.4, 0.5) is 0 Å². The molecule has 0 saturated carbocycles. The van der Waals surface area contributed by atoms with E-state index in [4.69, 9.17) is 4.74 Å². The molecule has 0 N–H and O–H groups in total. The van der Waals surface area contributed by atoms with E-state index in [0.29, 0.717) is 10.9 Å². The van der Waals surface area contributed by atoms with Crippen molar-refractivity contribution >= 4 is 21.7 Å². The van der Waals surface area contributed by atoms with Crippen molar-refractivity contribution in [3.63, 3.8) is 0 Å². The molecule has 1 aromatic rings. The van der Waals surface area contributed by atoms with Crippen molar-refractivity contribution in [2.75, 3.05) is 12.4 Å². The third-order valence-corrected chi connectivity index (χ3v) is 2.62. The van der Waals surface area contributed by atoms with E-state index < -0.39 is 0 Å². The van der Waals surface area contributed by atoms with Crippen LogP contribution >= 0.6 is 15.9 Å². The first-order valence-corrected chi connectivity index (χ1v) is 5.61. The third kappa shape index (κ3) is 2.35. The number of ketones is 1. The highest BCUT2D eigenvalue weighted by Crippen LogP contribution is 2.21. The van der Waals surface area contributed by atoms with Crippen LogP contribution in [0.25, 0.3) is 0 Å². The van der Waals surface area contributed by atoms with Gasteiger partial charge < -0.3 is 4.74 Å². The second-order valence-corrected chi connectivity index (χ2v) is 3.50. The van der Waals surface area contributed by atoms with Gasteiger partial charge in [-0.15, -0.1) is 0 Å². The molecule has 76 valence electrons. The Morgan fingerprint density at radius 2 is 2.21 bits per heavy atom. The summed E-state index contributed by atoms with van der Waals surface area (Å²) in [6.07, 6.45) is 0.909. The predicted molar refractivity (Wildman–Crippen MR) is 60.5 cm³/mol. The molecule has 0 radical (unpaired) electrons. The average molecular weight is 257 g/mol. The molecule has 2 nitrogen and oxygen atoms in total. The van der Waals surface area contributed by atoms with Crippen LogP contribution in [0.3, 0.4) is 0 Å².